The predicted octanol–water partition coefficient (Wildman–Crippen LogP) is 2.65. The number of ether oxygens (including phenoxy) is 2. The van der Waals surface area contributed by atoms with E-state index in [1.54, 1.807) is 0 Å². The van der Waals surface area contributed by atoms with Crippen LogP contribution in [0, 0.1) is 0 Å². The first kappa shape index (κ1) is 17.1. The van der Waals surface area contributed by atoms with E-state index in [0.717, 1.165) is 56.5 Å². The Balaban J connectivity index is 1.35. The van der Waals surface area contributed by atoms with Crippen molar-refractivity contribution in [2.45, 2.75) is 43.4 Å². The summed E-state index contributed by atoms with van der Waals surface area (Å²) in [6, 6.07) is 8.60. The summed E-state index contributed by atoms with van der Waals surface area (Å²) < 4.78 is 11.8. The molecule has 3 aliphatic rings. The lowest BCUT2D eigenvalue weighted by Gasteiger charge is -2.37. The van der Waals surface area contributed by atoms with E-state index in [1.165, 1.54) is 5.56 Å². The maximum Gasteiger partial charge on any atom is 0.194 e. The number of nitrogens with one attached hydrogen (secondary N) is 1. The van der Waals surface area contributed by atoms with Crippen LogP contribution in [0.15, 0.2) is 29.3 Å². The number of morpholine rings is 1. The molecule has 3 fully saturated rings. The lowest BCUT2D eigenvalue weighted by atomic mass is 10.1. The summed E-state index contributed by atoms with van der Waals surface area (Å²) in [5.74, 6) is 1.49. The largest absolute Gasteiger partial charge is 0.375 e. The van der Waals surface area contributed by atoms with Crippen LogP contribution >= 0.6 is 11.6 Å². The molecule has 2 saturated heterocycles. The maximum atomic E-state index is 6.12. The quantitative estimate of drug-likeness (QED) is 0.662. The van der Waals surface area contributed by atoms with Gasteiger partial charge in [-0.05, 0) is 37.0 Å². The van der Waals surface area contributed by atoms with Gasteiger partial charge in [-0.3, -0.25) is 4.99 Å². The van der Waals surface area contributed by atoms with E-state index in [-0.39, 0.29) is 12.2 Å². The second kappa shape index (κ2) is 7.52. The Bertz CT molecular complexity index is 633. The molecule has 6 heteroatoms. The summed E-state index contributed by atoms with van der Waals surface area (Å²) in [4.78, 5) is 6.82. The standard InChI is InChI=1S/C19H26ClN3O2/c1-21-19(22-16-11-15(16)13-4-2-5-14(20)10-13)23-7-9-25-18(12-23)17-6-3-8-24-17/h2,4-5,10,15-18H,3,6-9,11-12H2,1H3,(H,21,22). The second-order valence-corrected chi connectivity index (χ2v) is 7.54. The van der Waals surface area contributed by atoms with Crippen molar-refractivity contribution < 1.29 is 9.47 Å². The van der Waals surface area contributed by atoms with Crippen molar-refractivity contribution in [3.63, 3.8) is 0 Å². The number of aliphatic imine (C=N–C) groups is 1. The normalized spacial score (nSPS) is 32.7. The van der Waals surface area contributed by atoms with Crippen molar-refractivity contribution in [3.05, 3.63) is 34.9 Å². The van der Waals surface area contributed by atoms with Crippen LogP contribution < -0.4 is 5.32 Å². The molecule has 1 aromatic carbocycles. The Morgan fingerprint density at radius 1 is 1.28 bits per heavy atom. The summed E-state index contributed by atoms with van der Waals surface area (Å²) in [6.45, 7) is 3.31. The molecule has 1 aliphatic carbocycles. The van der Waals surface area contributed by atoms with Crippen LogP contribution in [0.3, 0.4) is 0 Å². The molecule has 4 unspecified atom stereocenters. The highest BCUT2D eigenvalue weighted by Gasteiger charge is 2.40. The Labute approximate surface area is 154 Å². The average molecular weight is 364 g/mol. The molecule has 2 aliphatic heterocycles. The van der Waals surface area contributed by atoms with Gasteiger partial charge < -0.3 is 19.7 Å². The molecule has 0 spiro atoms. The van der Waals surface area contributed by atoms with Gasteiger partial charge >= 0.3 is 0 Å². The fraction of sp³-hybridized carbons (Fsp3) is 0.632. The van der Waals surface area contributed by atoms with Crippen LogP contribution in [-0.4, -0.2) is 62.5 Å². The van der Waals surface area contributed by atoms with Crippen LogP contribution in [0.1, 0.15) is 30.7 Å². The minimum absolute atomic E-state index is 0.151. The summed E-state index contributed by atoms with van der Waals surface area (Å²) >= 11 is 6.12. The van der Waals surface area contributed by atoms with E-state index >= 15 is 0 Å². The topological polar surface area (TPSA) is 46.1 Å². The number of rotatable bonds is 3. The molecule has 0 bridgehead atoms. The van der Waals surface area contributed by atoms with Crippen molar-refractivity contribution in [2.75, 3.05) is 33.4 Å². The van der Waals surface area contributed by atoms with Crippen molar-refractivity contribution in [1.29, 1.82) is 0 Å². The third-order valence-electron chi connectivity index (χ3n) is 5.37. The van der Waals surface area contributed by atoms with Gasteiger partial charge in [-0.15, -0.1) is 0 Å². The van der Waals surface area contributed by atoms with E-state index in [2.05, 4.69) is 27.3 Å². The SMILES string of the molecule is CN=C(NC1CC1c1cccc(Cl)c1)N1CCOC(C2CCCO2)C1. The molecule has 4 rings (SSSR count). The zero-order valence-electron chi connectivity index (χ0n) is 14.7. The number of hydrogen-bond donors (Lipinski definition) is 1. The molecule has 1 aromatic rings. The van der Waals surface area contributed by atoms with Crippen LogP contribution in [-0.2, 0) is 9.47 Å². The van der Waals surface area contributed by atoms with Gasteiger partial charge in [0, 0.05) is 43.7 Å². The predicted molar refractivity (Wildman–Crippen MR) is 99.4 cm³/mol. The zero-order chi connectivity index (χ0) is 17.2. The molecule has 0 radical (unpaired) electrons. The van der Waals surface area contributed by atoms with Crippen LogP contribution in [0.25, 0.3) is 0 Å². The highest BCUT2D eigenvalue weighted by Crippen LogP contribution is 2.41. The minimum atomic E-state index is 0.151. The first-order valence-electron chi connectivity index (χ1n) is 9.21. The van der Waals surface area contributed by atoms with Gasteiger partial charge in [-0.25, -0.2) is 0 Å². The van der Waals surface area contributed by atoms with Gasteiger partial charge in [-0.2, -0.15) is 0 Å². The van der Waals surface area contributed by atoms with E-state index in [4.69, 9.17) is 21.1 Å². The van der Waals surface area contributed by atoms with Gasteiger partial charge in [-0.1, -0.05) is 23.7 Å². The fourth-order valence-electron chi connectivity index (χ4n) is 3.91. The van der Waals surface area contributed by atoms with E-state index in [0.29, 0.717) is 12.0 Å². The molecular formula is C19H26ClN3O2. The fourth-order valence-corrected chi connectivity index (χ4v) is 4.11. The molecular weight excluding hydrogens is 338 g/mol. The van der Waals surface area contributed by atoms with Gasteiger partial charge in [0.1, 0.15) is 6.10 Å². The molecule has 5 nitrogen and oxygen atoms in total. The summed E-state index contributed by atoms with van der Waals surface area (Å²) in [6.07, 6.45) is 3.75. The lowest BCUT2D eigenvalue weighted by Crippen LogP contribution is -2.53. The minimum Gasteiger partial charge on any atom is -0.375 e. The summed E-state index contributed by atoms with van der Waals surface area (Å²) in [5, 5.41) is 4.43. The van der Waals surface area contributed by atoms with Crippen LogP contribution in [0.2, 0.25) is 5.02 Å². The van der Waals surface area contributed by atoms with Gasteiger partial charge in [0.05, 0.1) is 12.7 Å². The number of benzene rings is 1. The highest BCUT2D eigenvalue weighted by atomic mass is 35.5. The second-order valence-electron chi connectivity index (χ2n) is 7.10. The average Bonchev–Trinajstić information content (AvgIpc) is 3.19. The van der Waals surface area contributed by atoms with Crippen molar-refractivity contribution >= 4 is 17.6 Å². The number of hydrogen-bond acceptors (Lipinski definition) is 3. The number of nitrogens with zero attached hydrogens (tertiary/aromatic N) is 2. The van der Waals surface area contributed by atoms with E-state index in [9.17, 15) is 0 Å². The van der Waals surface area contributed by atoms with Crippen molar-refractivity contribution in [3.8, 4) is 0 Å². The van der Waals surface area contributed by atoms with Gasteiger partial charge in [0.25, 0.3) is 0 Å². The Hall–Kier alpha value is -1.30. The Kier molecular flexibility index (Phi) is 5.15. The van der Waals surface area contributed by atoms with Crippen molar-refractivity contribution in [2.24, 2.45) is 4.99 Å². The van der Waals surface area contributed by atoms with Crippen LogP contribution in [0.4, 0.5) is 0 Å². The molecule has 2 heterocycles. The Morgan fingerprint density at radius 2 is 2.16 bits per heavy atom. The molecule has 25 heavy (non-hydrogen) atoms. The monoisotopic (exact) mass is 363 g/mol. The third kappa shape index (κ3) is 3.94. The molecule has 1 saturated carbocycles. The Morgan fingerprint density at radius 3 is 2.92 bits per heavy atom. The summed E-state index contributed by atoms with van der Waals surface area (Å²) in [5.41, 5.74) is 1.31. The van der Waals surface area contributed by atoms with Crippen LogP contribution in [0.5, 0.6) is 0 Å². The maximum absolute atomic E-state index is 6.12. The zero-order valence-corrected chi connectivity index (χ0v) is 15.4. The lowest BCUT2D eigenvalue weighted by molar-refractivity contribution is -0.0817. The third-order valence-corrected chi connectivity index (χ3v) is 5.60. The van der Waals surface area contributed by atoms with E-state index < -0.39 is 0 Å². The molecule has 0 aromatic heterocycles. The van der Waals surface area contributed by atoms with E-state index in [1.807, 2.05) is 19.2 Å². The van der Waals surface area contributed by atoms with Gasteiger partial charge in [0.15, 0.2) is 5.96 Å². The molecule has 4 atom stereocenters. The molecule has 1 N–H and O–H groups in total. The smallest absolute Gasteiger partial charge is 0.194 e. The first-order chi connectivity index (χ1) is 12.2. The number of halogens is 1. The highest BCUT2D eigenvalue weighted by molar-refractivity contribution is 6.30. The molecule has 0 amide bonds. The first-order valence-corrected chi connectivity index (χ1v) is 9.59. The number of guanidine groups is 1. The van der Waals surface area contributed by atoms with Crippen molar-refractivity contribution in [1.82, 2.24) is 10.2 Å². The summed E-state index contributed by atoms with van der Waals surface area (Å²) in [7, 11) is 1.86. The molecule has 136 valence electrons. The van der Waals surface area contributed by atoms with Gasteiger partial charge in [0.2, 0.25) is 0 Å².